The van der Waals surface area contributed by atoms with Crippen LogP contribution in [0.4, 0.5) is 0 Å². The van der Waals surface area contributed by atoms with Gasteiger partial charge in [-0.25, -0.2) is 4.58 Å². The number of hydrogen-bond acceptors (Lipinski definition) is 1. The van der Waals surface area contributed by atoms with Crippen LogP contribution in [0.5, 0.6) is 0 Å². The predicted molar refractivity (Wildman–Crippen MR) is 119 cm³/mol. The average Bonchev–Trinajstić information content (AvgIpc) is 2.87. The van der Waals surface area contributed by atoms with E-state index in [9.17, 15) is 0 Å². The van der Waals surface area contributed by atoms with Gasteiger partial charge >= 0.3 is 0 Å². The van der Waals surface area contributed by atoms with Crippen molar-refractivity contribution in [2.75, 3.05) is 5.33 Å². The van der Waals surface area contributed by atoms with Crippen molar-refractivity contribution in [3.05, 3.63) is 35.9 Å². The molecule has 4 heteroatoms. The van der Waals surface area contributed by atoms with E-state index in [2.05, 4.69) is 112 Å². The summed E-state index contributed by atoms with van der Waals surface area (Å²) in [5.41, 5.74) is 1.53. The number of benzene rings is 1. The molecule has 146 valence electrons. The van der Waals surface area contributed by atoms with Crippen LogP contribution >= 0.6 is 15.9 Å². The molecule has 0 spiro atoms. The van der Waals surface area contributed by atoms with Crippen molar-refractivity contribution in [1.29, 1.82) is 0 Å². The van der Waals surface area contributed by atoms with Crippen LogP contribution in [0, 0.1) is 5.41 Å². The summed E-state index contributed by atoms with van der Waals surface area (Å²) in [4.78, 5) is 0. The van der Waals surface area contributed by atoms with E-state index in [0.717, 1.165) is 5.33 Å². The van der Waals surface area contributed by atoms with Gasteiger partial charge in [0.05, 0.1) is 5.33 Å². The molecule has 0 amide bonds. The molecule has 1 aromatic carbocycles. The molecule has 1 heterocycles. The fourth-order valence-corrected chi connectivity index (χ4v) is 5.48. The molecule has 1 aromatic rings. The minimum atomic E-state index is -1.88. The van der Waals surface area contributed by atoms with Crippen molar-refractivity contribution in [1.82, 2.24) is 0 Å². The summed E-state index contributed by atoms with van der Waals surface area (Å²) in [6.45, 7) is 18.7. The van der Waals surface area contributed by atoms with Gasteiger partial charge < -0.3 is 4.43 Å². The molecule has 0 aromatic heterocycles. The van der Waals surface area contributed by atoms with Gasteiger partial charge in [0.1, 0.15) is 12.3 Å². The second-order valence-electron chi connectivity index (χ2n) is 10.0. The Morgan fingerprint density at radius 2 is 1.81 bits per heavy atom. The number of nitrogens with zero attached hydrogens (tertiary/aromatic N) is 1. The maximum Gasteiger partial charge on any atom is 0.193 e. The molecule has 0 fully saturated rings. The first-order chi connectivity index (χ1) is 11.9. The van der Waals surface area contributed by atoms with Crippen molar-refractivity contribution in [3.63, 3.8) is 0 Å². The van der Waals surface area contributed by atoms with Crippen LogP contribution in [0.1, 0.15) is 59.6 Å². The Hall–Kier alpha value is -0.453. The van der Waals surface area contributed by atoms with Gasteiger partial charge in [0.25, 0.3) is 0 Å². The van der Waals surface area contributed by atoms with Gasteiger partial charge in [-0.3, -0.25) is 0 Å². The number of halogens is 1. The van der Waals surface area contributed by atoms with Crippen LogP contribution in [0.15, 0.2) is 30.3 Å². The Balaban J connectivity index is 2.41. The fraction of sp³-hybridized carbons (Fsp3) is 0.682. The average molecular weight is 440 g/mol. The summed E-state index contributed by atoms with van der Waals surface area (Å²) >= 11 is 3.74. The molecule has 0 saturated carbocycles. The molecular weight excluding hydrogens is 402 g/mol. The van der Waals surface area contributed by atoms with E-state index in [1.807, 2.05) is 0 Å². The Labute approximate surface area is 170 Å². The lowest BCUT2D eigenvalue weighted by atomic mass is 9.91. The normalized spacial score (nSPS) is 22.8. The van der Waals surface area contributed by atoms with Crippen LogP contribution < -0.4 is 0 Å². The van der Waals surface area contributed by atoms with Crippen molar-refractivity contribution in [3.8, 4) is 0 Å². The maximum atomic E-state index is 6.99. The van der Waals surface area contributed by atoms with E-state index in [-0.39, 0.29) is 16.6 Å². The summed E-state index contributed by atoms with van der Waals surface area (Å²) in [6, 6.07) is 11.6. The molecule has 0 radical (unpaired) electrons. The van der Waals surface area contributed by atoms with E-state index in [0.29, 0.717) is 12.1 Å². The van der Waals surface area contributed by atoms with Crippen molar-refractivity contribution < 1.29 is 9.00 Å². The molecule has 1 aliphatic rings. The van der Waals surface area contributed by atoms with Gasteiger partial charge in [0.2, 0.25) is 0 Å². The highest BCUT2D eigenvalue weighted by Gasteiger charge is 2.46. The minimum absolute atomic E-state index is 0.0868. The molecule has 2 rings (SSSR count). The lowest BCUT2D eigenvalue weighted by Crippen LogP contribution is -2.46. The van der Waals surface area contributed by atoms with E-state index in [4.69, 9.17) is 4.43 Å². The third-order valence-electron chi connectivity index (χ3n) is 6.12. The standard InChI is InChI=1S/C22H37BrNOSi/c1-17(24-16-22(5,6)14-19(24)15-23)20(18-12-10-9-11-13-18)25-26(7,8)21(2,3)4/h9-13,16-17,19-20H,14-15H2,1-8H3/q+1/t17-,19?,20-/m0/s1. The van der Waals surface area contributed by atoms with Gasteiger partial charge in [-0.1, -0.05) is 80.9 Å². The van der Waals surface area contributed by atoms with Gasteiger partial charge in [0.15, 0.2) is 20.4 Å². The summed E-state index contributed by atoms with van der Waals surface area (Å²) in [5, 5.41) is 1.20. The predicted octanol–water partition coefficient (Wildman–Crippen LogP) is 6.41. The van der Waals surface area contributed by atoms with Crippen molar-refractivity contribution in [2.24, 2.45) is 5.41 Å². The van der Waals surface area contributed by atoms with E-state index < -0.39 is 8.32 Å². The first-order valence-corrected chi connectivity index (χ1v) is 13.8. The lowest BCUT2D eigenvalue weighted by Gasteiger charge is -2.40. The van der Waals surface area contributed by atoms with Crippen LogP contribution in [0.2, 0.25) is 18.1 Å². The molecule has 3 atom stereocenters. The van der Waals surface area contributed by atoms with Crippen LogP contribution in [0.3, 0.4) is 0 Å². The highest BCUT2D eigenvalue weighted by molar-refractivity contribution is 9.09. The Bertz CT molecular complexity index is 633. The molecule has 0 bridgehead atoms. The van der Waals surface area contributed by atoms with E-state index >= 15 is 0 Å². The number of rotatable bonds is 6. The molecule has 0 aliphatic carbocycles. The molecule has 0 N–H and O–H groups in total. The molecule has 2 nitrogen and oxygen atoms in total. The zero-order valence-electron chi connectivity index (χ0n) is 17.8. The minimum Gasteiger partial charge on any atom is -0.404 e. The van der Waals surface area contributed by atoms with Gasteiger partial charge in [-0.05, 0) is 23.7 Å². The van der Waals surface area contributed by atoms with Gasteiger partial charge in [0, 0.05) is 18.8 Å². The second-order valence-corrected chi connectivity index (χ2v) is 15.4. The quantitative estimate of drug-likeness (QED) is 0.283. The van der Waals surface area contributed by atoms with Crippen molar-refractivity contribution in [2.45, 2.75) is 84.3 Å². The lowest BCUT2D eigenvalue weighted by molar-refractivity contribution is -0.591. The summed E-state index contributed by atoms with van der Waals surface area (Å²) < 4.78 is 9.54. The topological polar surface area (TPSA) is 12.2 Å². The van der Waals surface area contributed by atoms with Gasteiger partial charge in [-0.15, -0.1) is 0 Å². The number of alkyl halides is 1. The highest BCUT2D eigenvalue weighted by atomic mass is 79.9. The van der Waals surface area contributed by atoms with E-state index in [1.54, 1.807) is 0 Å². The Kier molecular flexibility index (Phi) is 6.62. The Morgan fingerprint density at radius 3 is 2.31 bits per heavy atom. The number of hydrogen-bond donors (Lipinski definition) is 0. The Morgan fingerprint density at radius 1 is 1.23 bits per heavy atom. The summed E-state index contributed by atoms with van der Waals surface area (Å²) in [6.07, 6.45) is 3.71. The molecular formula is C22H37BrNOSi+. The first kappa shape index (κ1) is 21.8. The molecule has 0 saturated heterocycles. The van der Waals surface area contributed by atoms with E-state index in [1.165, 1.54) is 12.0 Å². The summed E-state index contributed by atoms with van der Waals surface area (Å²) in [7, 11) is -1.88. The second kappa shape index (κ2) is 7.88. The third-order valence-corrected chi connectivity index (χ3v) is 11.3. The van der Waals surface area contributed by atoms with Crippen LogP contribution in [-0.2, 0) is 4.43 Å². The maximum absolute atomic E-state index is 6.99. The fourth-order valence-electron chi connectivity index (χ4n) is 3.60. The zero-order valence-corrected chi connectivity index (χ0v) is 20.4. The largest absolute Gasteiger partial charge is 0.404 e. The highest BCUT2D eigenvalue weighted by Crippen LogP contribution is 2.42. The van der Waals surface area contributed by atoms with Crippen LogP contribution in [0.25, 0.3) is 0 Å². The van der Waals surface area contributed by atoms with Crippen molar-refractivity contribution >= 4 is 30.5 Å². The van der Waals surface area contributed by atoms with Gasteiger partial charge in [-0.2, -0.15) is 0 Å². The van der Waals surface area contributed by atoms with Crippen LogP contribution in [-0.4, -0.2) is 36.5 Å². The molecule has 26 heavy (non-hydrogen) atoms. The smallest absolute Gasteiger partial charge is 0.193 e. The zero-order chi connectivity index (χ0) is 19.8. The first-order valence-electron chi connectivity index (χ1n) is 9.80. The molecule has 1 aliphatic heterocycles. The third kappa shape index (κ3) is 4.88. The summed E-state index contributed by atoms with van der Waals surface area (Å²) in [5.74, 6) is 0. The monoisotopic (exact) mass is 438 g/mol. The molecule has 1 unspecified atom stereocenters. The SMILES string of the molecule is C[C@@H]([C@H](O[Si](C)(C)C(C)(C)C)c1ccccc1)[N+]1=CC(C)(C)CC1CBr.